The fraction of sp³-hybridized carbons (Fsp3) is 0.930. The normalized spacial score (nSPS) is 12.6. The average molecular weight is 695 g/mol. The highest BCUT2D eigenvalue weighted by atomic mass is 16.6. The quantitative estimate of drug-likeness (QED) is 0.0366. The molecule has 0 aliphatic carbocycles. The van der Waals surface area contributed by atoms with Crippen molar-refractivity contribution in [1.82, 2.24) is 0 Å². The largest absolute Gasteiger partial charge is 0.462 e. The Hall–Kier alpha value is -1.59. The smallest absolute Gasteiger partial charge is 0.306 e. The topological polar surface area (TPSA) is 78.9 Å². The number of carbonyl (C=O) groups is 3. The molecule has 6 heteroatoms. The Morgan fingerprint density at radius 1 is 0.429 bits per heavy atom. The highest BCUT2D eigenvalue weighted by Gasteiger charge is 2.19. The molecule has 0 rings (SSSR count). The minimum Gasteiger partial charge on any atom is -0.462 e. The summed E-state index contributed by atoms with van der Waals surface area (Å²) in [5.41, 5.74) is 0. The Morgan fingerprint density at radius 3 is 1.16 bits per heavy atom. The van der Waals surface area contributed by atoms with Crippen LogP contribution in [0.2, 0.25) is 0 Å². The lowest BCUT2D eigenvalue weighted by Crippen LogP contribution is -2.30. The summed E-state index contributed by atoms with van der Waals surface area (Å²) in [6, 6.07) is 0. The maximum absolute atomic E-state index is 12.7. The third-order valence-corrected chi connectivity index (χ3v) is 9.83. The van der Waals surface area contributed by atoms with Gasteiger partial charge in [0.15, 0.2) is 6.10 Å². The summed E-state index contributed by atoms with van der Waals surface area (Å²) in [7, 11) is 0. The van der Waals surface area contributed by atoms with E-state index in [1.54, 1.807) is 0 Å². The fourth-order valence-electron chi connectivity index (χ4n) is 6.19. The molecule has 0 N–H and O–H groups in total. The molecule has 49 heavy (non-hydrogen) atoms. The van der Waals surface area contributed by atoms with Crippen LogP contribution in [0.3, 0.4) is 0 Å². The molecule has 0 heterocycles. The van der Waals surface area contributed by atoms with Gasteiger partial charge in [0.05, 0.1) is 0 Å². The molecule has 0 fully saturated rings. The standard InChI is InChI=1S/C43H82O6/c1-6-8-9-10-11-12-18-23-28-33-41(44)47-36-40(37-48-42(45)34-29-24-20-15-16-21-26-31-38(3)4)49-43(46)35-30-25-19-14-13-17-22-27-32-39(5)7-2/h38-40H,6-37H2,1-5H3/t39?,40-/m1/s1. The number of ether oxygens (including phenoxy) is 3. The van der Waals surface area contributed by atoms with E-state index in [9.17, 15) is 14.4 Å². The second-order valence-electron chi connectivity index (χ2n) is 15.3. The van der Waals surface area contributed by atoms with Crippen LogP contribution >= 0.6 is 0 Å². The first-order valence-electron chi connectivity index (χ1n) is 21.3. The second kappa shape index (κ2) is 36.2. The van der Waals surface area contributed by atoms with E-state index in [1.165, 1.54) is 116 Å². The average Bonchev–Trinajstić information content (AvgIpc) is 3.08. The maximum atomic E-state index is 12.7. The van der Waals surface area contributed by atoms with Gasteiger partial charge in [-0.1, -0.05) is 189 Å². The Labute approximate surface area is 304 Å². The summed E-state index contributed by atoms with van der Waals surface area (Å²) in [4.78, 5) is 37.5. The summed E-state index contributed by atoms with van der Waals surface area (Å²) >= 11 is 0. The van der Waals surface area contributed by atoms with Crippen molar-refractivity contribution in [3.8, 4) is 0 Å². The van der Waals surface area contributed by atoms with Gasteiger partial charge in [-0.25, -0.2) is 0 Å². The van der Waals surface area contributed by atoms with Crippen molar-refractivity contribution in [3.63, 3.8) is 0 Å². The zero-order valence-electron chi connectivity index (χ0n) is 33.3. The summed E-state index contributed by atoms with van der Waals surface area (Å²) in [5.74, 6) is 0.758. The Bertz CT molecular complexity index is 751. The van der Waals surface area contributed by atoms with Crippen LogP contribution in [0.25, 0.3) is 0 Å². The van der Waals surface area contributed by atoms with E-state index >= 15 is 0 Å². The molecule has 0 radical (unpaired) electrons. The van der Waals surface area contributed by atoms with Crippen molar-refractivity contribution in [1.29, 1.82) is 0 Å². The highest BCUT2D eigenvalue weighted by molar-refractivity contribution is 5.71. The Kier molecular flexibility index (Phi) is 35.0. The number of hydrogen-bond acceptors (Lipinski definition) is 6. The zero-order valence-corrected chi connectivity index (χ0v) is 33.3. The van der Waals surface area contributed by atoms with Crippen molar-refractivity contribution < 1.29 is 28.6 Å². The molecule has 6 nitrogen and oxygen atoms in total. The van der Waals surface area contributed by atoms with Gasteiger partial charge in [-0.15, -0.1) is 0 Å². The first-order chi connectivity index (χ1) is 23.8. The van der Waals surface area contributed by atoms with Gasteiger partial charge in [-0.2, -0.15) is 0 Å². The predicted octanol–water partition coefficient (Wildman–Crippen LogP) is 13.0. The lowest BCUT2D eigenvalue weighted by atomic mass is 9.99. The maximum Gasteiger partial charge on any atom is 0.306 e. The molecular formula is C43H82O6. The van der Waals surface area contributed by atoms with Gasteiger partial charge in [0.2, 0.25) is 0 Å². The summed E-state index contributed by atoms with van der Waals surface area (Å²) in [6.45, 7) is 11.3. The number of esters is 3. The first kappa shape index (κ1) is 47.4. The van der Waals surface area contributed by atoms with Crippen LogP contribution in [-0.2, 0) is 28.6 Å². The van der Waals surface area contributed by atoms with E-state index in [1.807, 2.05) is 0 Å². The second-order valence-corrected chi connectivity index (χ2v) is 15.3. The molecule has 0 aromatic rings. The lowest BCUT2D eigenvalue weighted by molar-refractivity contribution is -0.167. The predicted molar refractivity (Wildman–Crippen MR) is 206 cm³/mol. The van der Waals surface area contributed by atoms with Crippen LogP contribution in [0.15, 0.2) is 0 Å². The molecule has 0 spiro atoms. The number of rotatable bonds is 37. The van der Waals surface area contributed by atoms with Crippen molar-refractivity contribution in [2.24, 2.45) is 11.8 Å². The molecule has 0 amide bonds. The van der Waals surface area contributed by atoms with Crippen molar-refractivity contribution in [3.05, 3.63) is 0 Å². The number of carbonyl (C=O) groups excluding carboxylic acids is 3. The molecule has 0 bridgehead atoms. The van der Waals surface area contributed by atoms with Crippen LogP contribution < -0.4 is 0 Å². The van der Waals surface area contributed by atoms with E-state index in [4.69, 9.17) is 14.2 Å². The van der Waals surface area contributed by atoms with E-state index in [0.29, 0.717) is 19.3 Å². The Morgan fingerprint density at radius 2 is 0.776 bits per heavy atom. The van der Waals surface area contributed by atoms with Crippen molar-refractivity contribution in [2.75, 3.05) is 13.2 Å². The molecule has 0 saturated heterocycles. The summed E-state index contributed by atoms with van der Waals surface area (Å²) in [5, 5.41) is 0. The van der Waals surface area contributed by atoms with Gasteiger partial charge >= 0.3 is 17.9 Å². The molecule has 0 aliphatic heterocycles. The Balaban J connectivity index is 4.36. The molecule has 290 valence electrons. The van der Waals surface area contributed by atoms with Gasteiger partial charge in [-0.3, -0.25) is 14.4 Å². The third kappa shape index (κ3) is 36.0. The van der Waals surface area contributed by atoms with E-state index in [0.717, 1.165) is 69.6 Å². The summed E-state index contributed by atoms with van der Waals surface area (Å²) in [6.07, 6.45) is 32.3. The van der Waals surface area contributed by atoms with Crippen LogP contribution in [0.1, 0.15) is 227 Å². The van der Waals surface area contributed by atoms with E-state index in [-0.39, 0.29) is 31.1 Å². The van der Waals surface area contributed by atoms with Crippen LogP contribution in [0.4, 0.5) is 0 Å². The molecule has 0 aliphatic rings. The van der Waals surface area contributed by atoms with Gasteiger partial charge < -0.3 is 14.2 Å². The molecule has 0 saturated carbocycles. The lowest BCUT2D eigenvalue weighted by Gasteiger charge is -2.18. The van der Waals surface area contributed by atoms with Crippen molar-refractivity contribution in [2.45, 2.75) is 233 Å². The van der Waals surface area contributed by atoms with Gasteiger partial charge in [0.25, 0.3) is 0 Å². The fourth-order valence-corrected chi connectivity index (χ4v) is 6.19. The van der Waals surface area contributed by atoms with Crippen molar-refractivity contribution >= 4 is 17.9 Å². The third-order valence-electron chi connectivity index (χ3n) is 9.83. The first-order valence-corrected chi connectivity index (χ1v) is 21.3. The molecule has 1 unspecified atom stereocenters. The molecule has 0 aromatic heterocycles. The molecule has 2 atom stereocenters. The minimum absolute atomic E-state index is 0.0663. The van der Waals surface area contributed by atoms with Gasteiger partial charge in [0, 0.05) is 19.3 Å². The van der Waals surface area contributed by atoms with Gasteiger partial charge in [0.1, 0.15) is 13.2 Å². The van der Waals surface area contributed by atoms with Gasteiger partial charge in [-0.05, 0) is 31.1 Å². The van der Waals surface area contributed by atoms with Crippen LogP contribution in [0, 0.1) is 11.8 Å². The molecule has 0 aromatic carbocycles. The van der Waals surface area contributed by atoms with E-state index in [2.05, 4.69) is 34.6 Å². The zero-order chi connectivity index (χ0) is 36.2. The van der Waals surface area contributed by atoms with Crippen LogP contribution in [-0.4, -0.2) is 37.2 Å². The summed E-state index contributed by atoms with van der Waals surface area (Å²) < 4.78 is 16.6. The van der Waals surface area contributed by atoms with Crippen LogP contribution in [0.5, 0.6) is 0 Å². The highest BCUT2D eigenvalue weighted by Crippen LogP contribution is 2.16. The number of unbranched alkanes of at least 4 members (excludes halogenated alkanes) is 21. The molecular weight excluding hydrogens is 612 g/mol. The SMILES string of the molecule is CCCCCCCCCCCC(=O)OC[C@H](COC(=O)CCCCCCCCCC(C)C)OC(=O)CCCCCCCCCCC(C)CC. The van der Waals surface area contributed by atoms with E-state index < -0.39 is 6.10 Å². The number of hydrogen-bond donors (Lipinski definition) is 0. The minimum atomic E-state index is -0.759. The monoisotopic (exact) mass is 695 g/mol.